The van der Waals surface area contributed by atoms with Crippen LogP contribution in [0.3, 0.4) is 0 Å². The first-order valence-electron chi connectivity index (χ1n) is 4.65. The zero-order valence-corrected chi connectivity index (χ0v) is 8.14. The third-order valence-corrected chi connectivity index (χ3v) is 1.80. The predicted molar refractivity (Wildman–Crippen MR) is 50.9 cm³/mol. The minimum atomic E-state index is 0.462. The molecule has 70 valence electrons. The van der Waals surface area contributed by atoms with Crippen molar-refractivity contribution in [2.75, 3.05) is 32.7 Å². The summed E-state index contributed by atoms with van der Waals surface area (Å²) in [4.78, 5) is 2.38. The molecule has 0 saturated carbocycles. The molecule has 12 heavy (non-hydrogen) atoms. The smallest absolute Gasteiger partial charge is 0.0841 e. The van der Waals surface area contributed by atoms with Crippen molar-refractivity contribution in [3.8, 4) is 6.07 Å². The van der Waals surface area contributed by atoms with Crippen LogP contribution in [0.25, 0.3) is 0 Å². The van der Waals surface area contributed by atoms with Gasteiger partial charge in [0, 0.05) is 13.1 Å². The van der Waals surface area contributed by atoms with E-state index in [-0.39, 0.29) is 0 Å². The predicted octanol–water partition coefficient (Wildman–Crippen LogP) is 0.831. The molecular formula is C9H19N3. The van der Waals surface area contributed by atoms with Crippen LogP contribution in [0.2, 0.25) is 0 Å². The second-order valence-electron chi connectivity index (χ2n) is 2.77. The number of rotatable bonds is 7. The third-order valence-electron chi connectivity index (χ3n) is 1.80. The van der Waals surface area contributed by atoms with Gasteiger partial charge in [-0.25, -0.2) is 0 Å². The lowest BCUT2D eigenvalue weighted by Crippen LogP contribution is -2.32. The molecule has 0 rings (SSSR count). The summed E-state index contributed by atoms with van der Waals surface area (Å²) in [5.41, 5.74) is 0. The molecule has 0 saturated heterocycles. The van der Waals surface area contributed by atoms with Crippen LogP contribution in [-0.4, -0.2) is 37.6 Å². The number of hydrogen-bond donors (Lipinski definition) is 1. The van der Waals surface area contributed by atoms with E-state index in [0.717, 1.165) is 26.2 Å². The zero-order chi connectivity index (χ0) is 9.23. The van der Waals surface area contributed by atoms with E-state index in [1.807, 2.05) is 0 Å². The Bertz CT molecular complexity index is 128. The molecule has 0 aliphatic heterocycles. The first-order chi connectivity index (χ1) is 5.85. The third kappa shape index (κ3) is 6.14. The summed E-state index contributed by atoms with van der Waals surface area (Å²) in [6.07, 6.45) is 1.20. The lowest BCUT2D eigenvalue weighted by molar-refractivity contribution is 0.289. The maximum atomic E-state index is 8.27. The van der Waals surface area contributed by atoms with Crippen molar-refractivity contribution in [1.29, 1.82) is 5.26 Å². The topological polar surface area (TPSA) is 39.1 Å². The minimum Gasteiger partial charge on any atom is -0.303 e. The maximum Gasteiger partial charge on any atom is 0.0841 e. The fourth-order valence-electron chi connectivity index (χ4n) is 1.13. The molecule has 0 aliphatic rings. The normalized spacial score (nSPS) is 10.2. The molecule has 1 N–H and O–H groups in total. The summed E-state index contributed by atoms with van der Waals surface area (Å²) >= 11 is 0. The van der Waals surface area contributed by atoms with Gasteiger partial charge in [-0.15, -0.1) is 0 Å². The van der Waals surface area contributed by atoms with E-state index in [9.17, 15) is 0 Å². The van der Waals surface area contributed by atoms with Crippen LogP contribution >= 0.6 is 0 Å². The van der Waals surface area contributed by atoms with E-state index in [0.29, 0.717) is 6.54 Å². The van der Waals surface area contributed by atoms with Crippen LogP contribution in [0.15, 0.2) is 0 Å². The average molecular weight is 169 g/mol. The largest absolute Gasteiger partial charge is 0.303 e. The molecular weight excluding hydrogens is 150 g/mol. The molecule has 0 atom stereocenters. The van der Waals surface area contributed by atoms with Crippen LogP contribution in [0.1, 0.15) is 20.3 Å². The average Bonchev–Trinajstić information content (AvgIpc) is 2.10. The molecule has 0 radical (unpaired) electrons. The highest BCUT2D eigenvalue weighted by Crippen LogP contribution is 1.88. The van der Waals surface area contributed by atoms with Gasteiger partial charge in [-0.05, 0) is 19.5 Å². The molecule has 0 aliphatic carbocycles. The summed E-state index contributed by atoms with van der Waals surface area (Å²) in [5.74, 6) is 0. The van der Waals surface area contributed by atoms with Gasteiger partial charge in [0.15, 0.2) is 0 Å². The molecule has 0 amide bonds. The fraction of sp³-hybridized carbons (Fsp3) is 0.889. The van der Waals surface area contributed by atoms with Crippen molar-refractivity contribution in [2.24, 2.45) is 0 Å². The fourth-order valence-corrected chi connectivity index (χ4v) is 1.13. The Morgan fingerprint density at radius 3 is 2.58 bits per heavy atom. The van der Waals surface area contributed by atoms with Crippen LogP contribution in [-0.2, 0) is 0 Å². The Balaban J connectivity index is 3.26. The lowest BCUT2D eigenvalue weighted by atomic mass is 10.4. The highest BCUT2D eigenvalue weighted by Gasteiger charge is 1.98. The van der Waals surface area contributed by atoms with E-state index in [1.165, 1.54) is 6.42 Å². The zero-order valence-electron chi connectivity index (χ0n) is 8.14. The summed E-state index contributed by atoms with van der Waals surface area (Å²) in [5, 5.41) is 11.3. The van der Waals surface area contributed by atoms with Crippen molar-refractivity contribution in [3.05, 3.63) is 0 Å². The summed E-state index contributed by atoms with van der Waals surface area (Å²) in [7, 11) is 0. The van der Waals surface area contributed by atoms with Crippen molar-refractivity contribution in [1.82, 2.24) is 10.2 Å². The van der Waals surface area contributed by atoms with Crippen LogP contribution < -0.4 is 5.32 Å². The van der Waals surface area contributed by atoms with Gasteiger partial charge in [-0.3, -0.25) is 0 Å². The molecule has 3 heteroatoms. The number of nitriles is 1. The molecule has 0 spiro atoms. The van der Waals surface area contributed by atoms with Gasteiger partial charge in [-0.1, -0.05) is 13.8 Å². The molecule has 0 aromatic heterocycles. The molecule has 0 unspecified atom stereocenters. The second kappa shape index (κ2) is 8.51. The first kappa shape index (κ1) is 11.4. The van der Waals surface area contributed by atoms with Gasteiger partial charge in [-0.2, -0.15) is 5.26 Å². The van der Waals surface area contributed by atoms with E-state index < -0.39 is 0 Å². The first-order valence-corrected chi connectivity index (χ1v) is 4.65. The van der Waals surface area contributed by atoms with E-state index >= 15 is 0 Å². The van der Waals surface area contributed by atoms with Gasteiger partial charge in [0.05, 0.1) is 12.6 Å². The molecule has 3 nitrogen and oxygen atoms in total. The monoisotopic (exact) mass is 169 g/mol. The molecule has 0 aromatic rings. The van der Waals surface area contributed by atoms with Crippen molar-refractivity contribution in [3.63, 3.8) is 0 Å². The van der Waals surface area contributed by atoms with Crippen LogP contribution in [0, 0.1) is 11.3 Å². The maximum absolute atomic E-state index is 8.27. The highest BCUT2D eigenvalue weighted by atomic mass is 15.1. The summed E-state index contributed by atoms with van der Waals surface area (Å²) < 4.78 is 0. The van der Waals surface area contributed by atoms with Gasteiger partial charge >= 0.3 is 0 Å². The molecule has 0 fully saturated rings. The number of nitrogens with zero attached hydrogens (tertiary/aromatic N) is 2. The Kier molecular flexibility index (Phi) is 8.09. The Labute approximate surface area is 75.4 Å². The van der Waals surface area contributed by atoms with Gasteiger partial charge < -0.3 is 10.2 Å². The van der Waals surface area contributed by atoms with Crippen LogP contribution in [0.5, 0.6) is 0 Å². The van der Waals surface area contributed by atoms with E-state index in [1.54, 1.807) is 0 Å². The molecule has 0 heterocycles. The number of nitrogens with one attached hydrogen (secondary N) is 1. The Morgan fingerprint density at radius 1 is 1.33 bits per heavy atom. The Morgan fingerprint density at radius 2 is 2.08 bits per heavy atom. The van der Waals surface area contributed by atoms with Crippen molar-refractivity contribution >= 4 is 0 Å². The highest BCUT2D eigenvalue weighted by molar-refractivity contribution is 4.72. The summed E-state index contributed by atoms with van der Waals surface area (Å²) in [6.45, 7) is 9.04. The van der Waals surface area contributed by atoms with Gasteiger partial charge in [0.1, 0.15) is 0 Å². The van der Waals surface area contributed by atoms with Gasteiger partial charge in [0.2, 0.25) is 0 Å². The van der Waals surface area contributed by atoms with Gasteiger partial charge in [0.25, 0.3) is 0 Å². The Hall–Kier alpha value is -0.590. The second-order valence-corrected chi connectivity index (χ2v) is 2.77. The van der Waals surface area contributed by atoms with E-state index in [4.69, 9.17) is 5.26 Å². The number of hydrogen-bond acceptors (Lipinski definition) is 3. The van der Waals surface area contributed by atoms with Crippen molar-refractivity contribution < 1.29 is 0 Å². The standard InChI is InChI=1S/C9H19N3/c1-3-8-12(4-2)9-7-11-6-5-10/h11H,3-4,6-9H2,1-2H3. The van der Waals surface area contributed by atoms with E-state index in [2.05, 4.69) is 30.1 Å². The lowest BCUT2D eigenvalue weighted by Gasteiger charge is -2.18. The van der Waals surface area contributed by atoms with Crippen LogP contribution in [0.4, 0.5) is 0 Å². The SMILES string of the molecule is CCCN(CC)CCNCC#N. The quantitative estimate of drug-likeness (QED) is 0.453. The molecule has 0 bridgehead atoms. The minimum absolute atomic E-state index is 0.462. The number of likely N-dealkylation sites (N-methyl/N-ethyl adjacent to an activating group) is 1. The van der Waals surface area contributed by atoms with Crippen molar-refractivity contribution in [2.45, 2.75) is 20.3 Å². The molecule has 0 aromatic carbocycles. The summed E-state index contributed by atoms with van der Waals surface area (Å²) in [6, 6.07) is 2.06.